The summed E-state index contributed by atoms with van der Waals surface area (Å²) in [5, 5.41) is 11.5. The molecule has 3 aromatic rings. The predicted molar refractivity (Wildman–Crippen MR) is 107 cm³/mol. The Hall–Kier alpha value is -2.93. The molecule has 0 bridgehead atoms. The van der Waals surface area contributed by atoms with Gasteiger partial charge in [-0.25, -0.2) is 0 Å². The molecule has 1 amide bonds. The number of rotatable bonds is 6. The molecule has 1 N–H and O–H groups in total. The number of hydrogen-bond donors (Lipinski definition) is 1. The highest BCUT2D eigenvalue weighted by Crippen LogP contribution is 2.21. The summed E-state index contributed by atoms with van der Waals surface area (Å²) in [6.45, 7) is 2.24. The highest BCUT2D eigenvalue weighted by atomic mass is 16.5. The van der Waals surface area contributed by atoms with Crippen LogP contribution in [-0.2, 0) is 11.2 Å². The van der Waals surface area contributed by atoms with E-state index in [4.69, 9.17) is 4.74 Å². The predicted octanol–water partition coefficient (Wildman–Crippen LogP) is 2.63. The van der Waals surface area contributed by atoms with E-state index in [9.17, 15) is 4.79 Å². The summed E-state index contributed by atoms with van der Waals surface area (Å²) in [5.74, 6) is 2.20. The molecule has 7 nitrogen and oxygen atoms in total. The molecule has 1 aliphatic heterocycles. The maximum absolute atomic E-state index is 12.5. The standard InChI is InChI=1S/C21H25N5O2/c1-28-18-8-4-7-17(13-18)22-21(27)15-25-10-5-6-16(14-25)12-20-24-23-19-9-2-3-11-26(19)20/h2-4,7-9,11,13,16H,5-6,10,12,14-15H2,1H3,(H,22,27)/t16-/m0/s1. The molecule has 1 atom stereocenters. The number of nitrogens with zero attached hydrogens (tertiary/aromatic N) is 4. The van der Waals surface area contributed by atoms with Crippen LogP contribution in [0, 0.1) is 5.92 Å². The average molecular weight is 379 g/mol. The van der Waals surface area contributed by atoms with Gasteiger partial charge in [-0.05, 0) is 49.6 Å². The number of amides is 1. The van der Waals surface area contributed by atoms with Gasteiger partial charge < -0.3 is 10.1 Å². The van der Waals surface area contributed by atoms with Gasteiger partial charge in [-0.15, -0.1) is 10.2 Å². The second-order valence-corrected chi connectivity index (χ2v) is 7.27. The van der Waals surface area contributed by atoms with Crippen LogP contribution in [-0.4, -0.2) is 52.1 Å². The molecule has 4 rings (SSSR count). The second-order valence-electron chi connectivity index (χ2n) is 7.27. The van der Waals surface area contributed by atoms with Crippen molar-refractivity contribution in [2.75, 3.05) is 32.1 Å². The fourth-order valence-corrected chi connectivity index (χ4v) is 3.85. The van der Waals surface area contributed by atoms with Gasteiger partial charge in [0, 0.05) is 30.9 Å². The minimum atomic E-state index is 0.00170. The van der Waals surface area contributed by atoms with E-state index < -0.39 is 0 Å². The van der Waals surface area contributed by atoms with Crippen molar-refractivity contribution in [2.24, 2.45) is 5.92 Å². The molecule has 1 aromatic carbocycles. The third kappa shape index (κ3) is 4.31. The average Bonchev–Trinajstić information content (AvgIpc) is 3.11. The minimum Gasteiger partial charge on any atom is -0.497 e. The van der Waals surface area contributed by atoms with Crippen LogP contribution in [0.4, 0.5) is 5.69 Å². The number of carbonyl (C=O) groups excluding carboxylic acids is 1. The van der Waals surface area contributed by atoms with E-state index >= 15 is 0 Å². The lowest BCUT2D eigenvalue weighted by Gasteiger charge is -2.31. The molecule has 28 heavy (non-hydrogen) atoms. The van der Waals surface area contributed by atoms with Crippen LogP contribution < -0.4 is 10.1 Å². The van der Waals surface area contributed by atoms with Crippen molar-refractivity contribution >= 4 is 17.2 Å². The maximum atomic E-state index is 12.5. The van der Waals surface area contributed by atoms with Gasteiger partial charge >= 0.3 is 0 Å². The van der Waals surface area contributed by atoms with Gasteiger partial charge in [0.25, 0.3) is 0 Å². The van der Waals surface area contributed by atoms with E-state index in [1.807, 2.05) is 48.7 Å². The van der Waals surface area contributed by atoms with Crippen LogP contribution in [0.2, 0.25) is 0 Å². The number of aromatic nitrogens is 3. The van der Waals surface area contributed by atoms with E-state index in [1.165, 1.54) is 0 Å². The highest BCUT2D eigenvalue weighted by molar-refractivity contribution is 5.92. The smallest absolute Gasteiger partial charge is 0.238 e. The molecule has 0 saturated carbocycles. The SMILES string of the molecule is COc1cccc(NC(=O)CN2CCC[C@@H](Cc3nnc4ccccn34)C2)c1. The van der Waals surface area contributed by atoms with Gasteiger partial charge in [0.05, 0.1) is 13.7 Å². The van der Waals surface area contributed by atoms with Crippen LogP contribution in [0.1, 0.15) is 18.7 Å². The molecule has 3 heterocycles. The first-order chi connectivity index (χ1) is 13.7. The summed E-state index contributed by atoms with van der Waals surface area (Å²) in [4.78, 5) is 14.7. The lowest BCUT2D eigenvalue weighted by atomic mass is 9.94. The van der Waals surface area contributed by atoms with Gasteiger partial charge in [0.1, 0.15) is 11.6 Å². The molecule has 7 heteroatoms. The van der Waals surface area contributed by atoms with Crippen molar-refractivity contribution in [3.63, 3.8) is 0 Å². The summed E-state index contributed by atoms with van der Waals surface area (Å²) in [7, 11) is 1.62. The zero-order valence-electron chi connectivity index (χ0n) is 16.0. The Morgan fingerprint density at radius 1 is 1.25 bits per heavy atom. The molecule has 0 spiro atoms. The van der Waals surface area contributed by atoms with Crippen LogP contribution >= 0.6 is 0 Å². The molecule has 2 aromatic heterocycles. The topological polar surface area (TPSA) is 71.8 Å². The van der Waals surface area contributed by atoms with Gasteiger partial charge in [-0.3, -0.25) is 14.1 Å². The number of likely N-dealkylation sites (tertiary alicyclic amines) is 1. The first kappa shape index (κ1) is 18.4. The molecule has 0 unspecified atom stereocenters. The van der Waals surface area contributed by atoms with Gasteiger partial charge in [-0.1, -0.05) is 12.1 Å². The molecule has 0 radical (unpaired) electrons. The lowest BCUT2D eigenvalue weighted by molar-refractivity contribution is -0.117. The van der Waals surface area contributed by atoms with Crippen LogP contribution in [0.25, 0.3) is 5.65 Å². The highest BCUT2D eigenvalue weighted by Gasteiger charge is 2.23. The van der Waals surface area contributed by atoms with Crippen molar-refractivity contribution in [2.45, 2.75) is 19.3 Å². The Balaban J connectivity index is 1.34. The maximum Gasteiger partial charge on any atom is 0.238 e. The third-order valence-electron chi connectivity index (χ3n) is 5.18. The molecular formula is C21H25N5O2. The Morgan fingerprint density at radius 3 is 3.07 bits per heavy atom. The Labute approximate surface area is 164 Å². The zero-order valence-corrected chi connectivity index (χ0v) is 16.0. The number of pyridine rings is 1. The molecule has 146 valence electrons. The quantitative estimate of drug-likeness (QED) is 0.713. The van der Waals surface area contributed by atoms with Crippen molar-refractivity contribution in [3.05, 3.63) is 54.5 Å². The molecule has 1 saturated heterocycles. The fraction of sp³-hybridized carbons (Fsp3) is 0.381. The zero-order chi connectivity index (χ0) is 19.3. The largest absolute Gasteiger partial charge is 0.497 e. The monoisotopic (exact) mass is 379 g/mol. The van der Waals surface area contributed by atoms with E-state index in [0.29, 0.717) is 12.5 Å². The molecule has 0 aliphatic carbocycles. The lowest BCUT2D eigenvalue weighted by Crippen LogP contribution is -2.41. The fourth-order valence-electron chi connectivity index (χ4n) is 3.85. The van der Waals surface area contributed by atoms with E-state index in [2.05, 4.69) is 24.8 Å². The number of benzene rings is 1. The number of carbonyl (C=O) groups is 1. The normalized spacial score (nSPS) is 17.5. The van der Waals surface area contributed by atoms with Crippen molar-refractivity contribution < 1.29 is 9.53 Å². The van der Waals surface area contributed by atoms with Crippen LogP contribution in [0.15, 0.2) is 48.7 Å². The van der Waals surface area contributed by atoms with E-state index in [-0.39, 0.29) is 5.91 Å². The number of ether oxygens (including phenoxy) is 1. The van der Waals surface area contributed by atoms with Crippen molar-refractivity contribution in [3.8, 4) is 5.75 Å². The number of methoxy groups -OCH3 is 1. The number of fused-ring (bicyclic) bond motifs is 1. The summed E-state index contributed by atoms with van der Waals surface area (Å²) in [6, 6.07) is 13.4. The summed E-state index contributed by atoms with van der Waals surface area (Å²) < 4.78 is 7.26. The number of piperidine rings is 1. The van der Waals surface area contributed by atoms with Gasteiger partial charge in [0.2, 0.25) is 5.91 Å². The summed E-state index contributed by atoms with van der Waals surface area (Å²) in [6.07, 6.45) is 5.12. The Morgan fingerprint density at radius 2 is 2.18 bits per heavy atom. The second kappa shape index (κ2) is 8.39. The first-order valence-corrected chi connectivity index (χ1v) is 9.66. The van der Waals surface area contributed by atoms with Crippen LogP contribution in [0.5, 0.6) is 5.75 Å². The van der Waals surface area contributed by atoms with E-state index in [0.717, 1.165) is 55.3 Å². The number of anilines is 1. The minimum absolute atomic E-state index is 0.00170. The van der Waals surface area contributed by atoms with Gasteiger partial charge in [0.15, 0.2) is 5.65 Å². The third-order valence-corrected chi connectivity index (χ3v) is 5.18. The number of hydrogen-bond acceptors (Lipinski definition) is 5. The summed E-state index contributed by atoms with van der Waals surface area (Å²) in [5.41, 5.74) is 1.63. The summed E-state index contributed by atoms with van der Waals surface area (Å²) >= 11 is 0. The van der Waals surface area contributed by atoms with E-state index in [1.54, 1.807) is 7.11 Å². The van der Waals surface area contributed by atoms with Gasteiger partial charge in [-0.2, -0.15) is 0 Å². The van der Waals surface area contributed by atoms with Crippen LogP contribution in [0.3, 0.4) is 0 Å². The molecular weight excluding hydrogens is 354 g/mol. The molecule has 1 fully saturated rings. The Kier molecular flexibility index (Phi) is 5.53. The first-order valence-electron chi connectivity index (χ1n) is 9.66. The van der Waals surface area contributed by atoms with Crippen molar-refractivity contribution in [1.29, 1.82) is 0 Å². The number of nitrogens with one attached hydrogen (secondary N) is 1. The van der Waals surface area contributed by atoms with Crippen molar-refractivity contribution in [1.82, 2.24) is 19.5 Å². The molecule has 1 aliphatic rings. The Bertz CT molecular complexity index is 955.